The Morgan fingerprint density at radius 1 is 1.24 bits per heavy atom. The highest BCUT2D eigenvalue weighted by Crippen LogP contribution is 2.40. The summed E-state index contributed by atoms with van der Waals surface area (Å²) in [6, 6.07) is 0.786. The maximum absolute atomic E-state index is 3.74. The van der Waals surface area contributed by atoms with Crippen molar-refractivity contribution in [1.82, 2.24) is 5.32 Å². The Labute approximate surface area is 113 Å². The van der Waals surface area contributed by atoms with Crippen LogP contribution in [0.2, 0.25) is 0 Å². The molecule has 1 rings (SSSR count). The van der Waals surface area contributed by atoms with Gasteiger partial charge in [-0.15, -0.1) is 0 Å². The van der Waals surface area contributed by atoms with Crippen LogP contribution in [0.4, 0.5) is 0 Å². The quantitative estimate of drug-likeness (QED) is 0.760. The van der Waals surface area contributed by atoms with Crippen molar-refractivity contribution in [3.8, 4) is 0 Å². The van der Waals surface area contributed by atoms with Crippen LogP contribution in [0, 0.1) is 11.3 Å². The van der Waals surface area contributed by atoms with Crippen LogP contribution in [0.15, 0.2) is 0 Å². The first-order valence-electron chi connectivity index (χ1n) is 7.25. The van der Waals surface area contributed by atoms with E-state index in [1.165, 1.54) is 38.6 Å². The van der Waals surface area contributed by atoms with Crippen molar-refractivity contribution in [2.45, 2.75) is 71.1 Å². The van der Waals surface area contributed by atoms with E-state index < -0.39 is 0 Å². The summed E-state index contributed by atoms with van der Waals surface area (Å²) in [5, 5.41) is 4.49. The first kappa shape index (κ1) is 15.4. The molecule has 1 N–H and O–H groups in total. The molecule has 0 aromatic heterocycles. The van der Waals surface area contributed by atoms with Crippen molar-refractivity contribution in [3.05, 3.63) is 0 Å². The third kappa shape index (κ3) is 4.82. The van der Waals surface area contributed by atoms with Crippen LogP contribution in [-0.4, -0.2) is 24.1 Å². The van der Waals surface area contributed by atoms with Crippen LogP contribution >= 0.6 is 11.8 Å². The van der Waals surface area contributed by atoms with Gasteiger partial charge in [-0.25, -0.2) is 0 Å². The van der Waals surface area contributed by atoms with Gasteiger partial charge < -0.3 is 5.32 Å². The van der Waals surface area contributed by atoms with Crippen molar-refractivity contribution in [2.24, 2.45) is 11.3 Å². The maximum atomic E-state index is 3.74. The zero-order chi connectivity index (χ0) is 12.9. The maximum Gasteiger partial charge on any atom is 0.0141 e. The van der Waals surface area contributed by atoms with Crippen molar-refractivity contribution < 1.29 is 0 Å². The summed E-state index contributed by atoms with van der Waals surface area (Å²) >= 11 is 1.96. The SMILES string of the molecule is CCC(C)(C)C1CCC(NCC(C)SC)CC1. The van der Waals surface area contributed by atoms with Crippen LogP contribution in [-0.2, 0) is 0 Å². The third-order valence-electron chi connectivity index (χ3n) is 4.84. The van der Waals surface area contributed by atoms with Gasteiger partial charge >= 0.3 is 0 Å². The van der Waals surface area contributed by atoms with Crippen LogP contribution in [0.25, 0.3) is 0 Å². The number of nitrogens with one attached hydrogen (secondary N) is 1. The molecule has 0 bridgehead atoms. The minimum Gasteiger partial charge on any atom is -0.313 e. The zero-order valence-electron chi connectivity index (χ0n) is 12.4. The van der Waals surface area contributed by atoms with E-state index in [0.717, 1.165) is 17.2 Å². The number of hydrogen-bond acceptors (Lipinski definition) is 2. The molecule has 1 aliphatic carbocycles. The van der Waals surface area contributed by atoms with Gasteiger partial charge in [0.25, 0.3) is 0 Å². The van der Waals surface area contributed by atoms with Gasteiger partial charge in [0.05, 0.1) is 0 Å². The van der Waals surface area contributed by atoms with Crippen molar-refractivity contribution in [2.75, 3.05) is 12.8 Å². The van der Waals surface area contributed by atoms with Gasteiger partial charge in [-0.1, -0.05) is 34.1 Å². The monoisotopic (exact) mass is 257 g/mol. The molecule has 102 valence electrons. The van der Waals surface area contributed by atoms with Crippen LogP contribution in [0.3, 0.4) is 0 Å². The summed E-state index contributed by atoms with van der Waals surface area (Å²) < 4.78 is 0. The Morgan fingerprint density at radius 2 is 1.82 bits per heavy atom. The molecular weight excluding hydrogens is 226 g/mol. The predicted molar refractivity (Wildman–Crippen MR) is 80.8 cm³/mol. The zero-order valence-corrected chi connectivity index (χ0v) is 13.2. The Hall–Kier alpha value is 0.310. The normalized spacial score (nSPS) is 28.1. The van der Waals surface area contributed by atoms with Crippen molar-refractivity contribution in [1.29, 1.82) is 0 Å². The Kier molecular flexibility index (Phi) is 6.36. The average molecular weight is 257 g/mol. The molecule has 1 unspecified atom stereocenters. The lowest BCUT2D eigenvalue weighted by atomic mass is 9.69. The Bertz CT molecular complexity index is 207. The minimum atomic E-state index is 0.553. The fourth-order valence-corrected chi connectivity index (χ4v) is 3.05. The largest absolute Gasteiger partial charge is 0.313 e. The molecule has 1 nitrogen and oxygen atoms in total. The number of hydrogen-bond donors (Lipinski definition) is 1. The average Bonchev–Trinajstić information content (AvgIpc) is 2.36. The molecule has 0 saturated heterocycles. The molecule has 1 saturated carbocycles. The van der Waals surface area contributed by atoms with Crippen LogP contribution in [0.1, 0.15) is 59.8 Å². The molecule has 0 heterocycles. The minimum absolute atomic E-state index is 0.553. The summed E-state index contributed by atoms with van der Waals surface area (Å²) in [5.74, 6) is 0.948. The van der Waals surface area contributed by atoms with Crippen LogP contribution < -0.4 is 5.32 Å². The second-order valence-corrected chi connectivity index (χ2v) is 7.62. The highest BCUT2D eigenvalue weighted by atomic mass is 32.2. The van der Waals surface area contributed by atoms with E-state index >= 15 is 0 Å². The van der Waals surface area contributed by atoms with E-state index in [0.29, 0.717) is 5.41 Å². The van der Waals surface area contributed by atoms with Gasteiger partial charge in [-0.3, -0.25) is 0 Å². The van der Waals surface area contributed by atoms with Gasteiger partial charge in [-0.05, 0) is 43.3 Å². The molecular formula is C15H31NS. The van der Waals surface area contributed by atoms with E-state index in [1.54, 1.807) is 0 Å². The van der Waals surface area contributed by atoms with Gasteiger partial charge in [0, 0.05) is 17.8 Å². The first-order chi connectivity index (χ1) is 7.99. The summed E-state index contributed by atoms with van der Waals surface area (Å²) in [5.41, 5.74) is 0.553. The molecule has 0 amide bonds. The van der Waals surface area contributed by atoms with E-state index in [4.69, 9.17) is 0 Å². The molecule has 0 aliphatic heterocycles. The number of thioether (sulfide) groups is 1. The molecule has 2 heteroatoms. The molecule has 17 heavy (non-hydrogen) atoms. The van der Waals surface area contributed by atoms with Gasteiger partial charge in [0.2, 0.25) is 0 Å². The summed E-state index contributed by atoms with van der Waals surface area (Å²) in [7, 11) is 0. The molecule has 1 fully saturated rings. The van der Waals surface area contributed by atoms with E-state index in [1.807, 2.05) is 11.8 Å². The second-order valence-electron chi connectivity index (χ2n) is 6.35. The molecule has 0 radical (unpaired) electrons. The highest BCUT2D eigenvalue weighted by Gasteiger charge is 2.31. The van der Waals surface area contributed by atoms with Crippen molar-refractivity contribution >= 4 is 11.8 Å². The fourth-order valence-electron chi connectivity index (χ4n) is 2.78. The number of rotatable bonds is 6. The Balaban J connectivity index is 2.26. The van der Waals surface area contributed by atoms with Gasteiger partial charge in [-0.2, -0.15) is 11.8 Å². The second kappa shape index (κ2) is 7.04. The fraction of sp³-hybridized carbons (Fsp3) is 1.00. The standard InChI is InChI=1S/C15H31NS/c1-6-15(3,4)13-7-9-14(10-8-13)16-11-12(2)17-5/h12-14,16H,6-11H2,1-5H3. The molecule has 1 atom stereocenters. The lowest BCUT2D eigenvalue weighted by Crippen LogP contribution is -2.39. The van der Waals surface area contributed by atoms with Gasteiger partial charge in [0.15, 0.2) is 0 Å². The molecule has 0 aromatic carbocycles. The summed E-state index contributed by atoms with van der Waals surface area (Å²) in [6.07, 6.45) is 9.13. The summed E-state index contributed by atoms with van der Waals surface area (Å²) in [6.45, 7) is 10.7. The smallest absolute Gasteiger partial charge is 0.0141 e. The lowest BCUT2D eigenvalue weighted by molar-refractivity contribution is 0.137. The van der Waals surface area contributed by atoms with E-state index in [-0.39, 0.29) is 0 Å². The highest BCUT2D eigenvalue weighted by molar-refractivity contribution is 7.99. The van der Waals surface area contributed by atoms with Crippen LogP contribution in [0.5, 0.6) is 0 Å². The molecule has 0 aromatic rings. The third-order valence-corrected chi connectivity index (χ3v) is 5.81. The molecule has 1 aliphatic rings. The first-order valence-corrected chi connectivity index (χ1v) is 8.54. The van der Waals surface area contributed by atoms with Crippen molar-refractivity contribution in [3.63, 3.8) is 0 Å². The van der Waals surface area contributed by atoms with E-state index in [9.17, 15) is 0 Å². The van der Waals surface area contributed by atoms with E-state index in [2.05, 4.69) is 39.3 Å². The Morgan fingerprint density at radius 3 is 2.29 bits per heavy atom. The predicted octanol–water partition coefficient (Wildman–Crippen LogP) is 4.32. The topological polar surface area (TPSA) is 12.0 Å². The van der Waals surface area contributed by atoms with Gasteiger partial charge in [0.1, 0.15) is 0 Å². The molecule has 0 spiro atoms. The summed E-state index contributed by atoms with van der Waals surface area (Å²) in [4.78, 5) is 0. The lowest BCUT2D eigenvalue weighted by Gasteiger charge is -2.39.